The molecular formula is C16H16ClF. The summed E-state index contributed by atoms with van der Waals surface area (Å²) in [5.41, 5.74) is 4.12. The molecule has 0 radical (unpaired) electrons. The summed E-state index contributed by atoms with van der Waals surface area (Å²) in [4.78, 5) is 0. The second-order valence-corrected chi connectivity index (χ2v) is 4.90. The number of rotatable bonds is 3. The summed E-state index contributed by atoms with van der Waals surface area (Å²) in [6.07, 6.45) is 1.01. The molecule has 0 fully saturated rings. The van der Waals surface area contributed by atoms with Crippen LogP contribution in [-0.2, 0) is 6.42 Å². The van der Waals surface area contributed by atoms with Gasteiger partial charge in [0.25, 0.3) is 0 Å². The summed E-state index contributed by atoms with van der Waals surface area (Å²) in [6.45, 7) is 4.06. The first-order chi connectivity index (χ1) is 8.61. The summed E-state index contributed by atoms with van der Waals surface area (Å²) in [5.74, 6) is -0.244. The molecule has 1 unspecified atom stereocenters. The Morgan fingerprint density at radius 2 is 1.78 bits per heavy atom. The quantitative estimate of drug-likeness (QED) is 0.681. The average Bonchev–Trinajstić information content (AvgIpc) is 2.41. The Morgan fingerprint density at radius 3 is 2.39 bits per heavy atom. The molecule has 0 aliphatic heterocycles. The van der Waals surface area contributed by atoms with Crippen molar-refractivity contribution in [2.45, 2.75) is 25.6 Å². The van der Waals surface area contributed by atoms with Crippen LogP contribution in [0.3, 0.4) is 0 Å². The SMILES string of the molecule is CCc1ccc(C(Cl)c2cc(F)ccc2C)cc1. The van der Waals surface area contributed by atoms with Crippen LogP contribution in [-0.4, -0.2) is 0 Å². The largest absolute Gasteiger partial charge is 0.207 e. The number of benzene rings is 2. The van der Waals surface area contributed by atoms with E-state index in [1.54, 1.807) is 6.07 Å². The molecule has 94 valence electrons. The van der Waals surface area contributed by atoms with Crippen molar-refractivity contribution < 1.29 is 4.39 Å². The Morgan fingerprint density at radius 1 is 1.11 bits per heavy atom. The van der Waals surface area contributed by atoms with Crippen molar-refractivity contribution in [3.63, 3.8) is 0 Å². The predicted octanol–water partition coefficient (Wildman–Crippen LogP) is 5.02. The lowest BCUT2D eigenvalue weighted by atomic mass is 9.99. The fourth-order valence-corrected chi connectivity index (χ4v) is 2.37. The molecule has 2 heteroatoms. The van der Waals surface area contributed by atoms with E-state index in [2.05, 4.69) is 19.1 Å². The topological polar surface area (TPSA) is 0 Å². The summed E-state index contributed by atoms with van der Waals surface area (Å²) in [5, 5.41) is -0.299. The van der Waals surface area contributed by atoms with E-state index in [4.69, 9.17) is 11.6 Å². The Labute approximate surface area is 112 Å². The van der Waals surface area contributed by atoms with Gasteiger partial charge in [0, 0.05) is 0 Å². The standard InChI is InChI=1S/C16H16ClF/c1-3-12-5-7-13(8-6-12)16(17)15-10-14(18)9-4-11(15)2/h4-10,16H,3H2,1-2H3. The molecule has 0 saturated heterocycles. The van der Waals surface area contributed by atoms with E-state index in [1.807, 2.05) is 19.1 Å². The third-order valence-electron chi connectivity index (χ3n) is 3.19. The summed E-state index contributed by atoms with van der Waals surface area (Å²) in [7, 11) is 0. The monoisotopic (exact) mass is 262 g/mol. The Hall–Kier alpha value is -1.34. The molecule has 0 spiro atoms. The van der Waals surface area contributed by atoms with E-state index >= 15 is 0 Å². The van der Waals surface area contributed by atoms with Gasteiger partial charge in [-0.3, -0.25) is 0 Å². The molecule has 0 N–H and O–H groups in total. The highest BCUT2D eigenvalue weighted by Gasteiger charge is 2.13. The van der Waals surface area contributed by atoms with Crippen molar-refractivity contribution in [3.8, 4) is 0 Å². The molecule has 0 nitrogen and oxygen atoms in total. The van der Waals surface area contributed by atoms with Gasteiger partial charge in [-0.2, -0.15) is 0 Å². The summed E-state index contributed by atoms with van der Waals surface area (Å²) in [6, 6.07) is 12.9. The Bertz CT molecular complexity index is 531. The fourth-order valence-electron chi connectivity index (χ4n) is 1.99. The summed E-state index contributed by atoms with van der Waals surface area (Å²) >= 11 is 6.44. The van der Waals surface area contributed by atoms with Gasteiger partial charge in [-0.1, -0.05) is 37.3 Å². The van der Waals surface area contributed by atoms with Gasteiger partial charge < -0.3 is 0 Å². The van der Waals surface area contributed by atoms with Gasteiger partial charge in [0.15, 0.2) is 0 Å². The van der Waals surface area contributed by atoms with Crippen molar-refractivity contribution >= 4 is 11.6 Å². The van der Waals surface area contributed by atoms with Crippen LogP contribution in [0.4, 0.5) is 4.39 Å². The van der Waals surface area contributed by atoms with E-state index in [0.29, 0.717) is 0 Å². The third-order valence-corrected chi connectivity index (χ3v) is 3.68. The molecule has 0 aromatic heterocycles. The van der Waals surface area contributed by atoms with E-state index in [9.17, 15) is 4.39 Å². The van der Waals surface area contributed by atoms with Crippen LogP contribution >= 0.6 is 11.6 Å². The van der Waals surface area contributed by atoms with Gasteiger partial charge in [0.1, 0.15) is 5.82 Å². The minimum Gasteiger partial charge on any atom is -0.207 e. The van der Waals surface area contributed by atoms with Crippen molar-refractivity contribution in [2.24, 2.45) is 0 Å². The van der Waals surface area contributed by atoms with Crippen molar-refractivity contribution in [1.29, 1.82) is 0 Å². The lowest BCUT2D eigenvalue weighted by molar-refractivity contribution is 0.625. The van der Waals surface area contributed by atoms with Crippen LogP contribution in [0.2, 0.25) is 0 Å². The van der Waals surface area contributed by atoms with Gasteiger partial charge in [-0.05, 0) is 47.7 Å². The number of alkyl halides is 1. The van der Waals surface area contributed by atoms with Gasteiger partial charge >= 0.3 is 0 Å². The first kappa shape index (κ1) is 13.1. The highest BCUT2D eigenvalue weighted by Crippen LogP contribution is 2.31. The van der Waals surface area contributed by atoms with Crippen molar-refractivity contribution in [3.05, 3.63) is 70.5 Å². The molecule has 0 saturated carbocycles. The van der Waals surface area contributed by atoms with Crippen molar-refractivity contribution in [1.82, 2.24) is 0 Å². The van der Waals surface area contributed by atoms with E-state index in [0.717, 1.165) is 23.1 Å². The molecule has 0 aliphatic rings. The van der Waals surface area contributed by atoms with Crippen LogP contribution in [0.25, 0.3) is 0 Å². The van der Waals surface area contributed by atoms with Gasteiger partial charge in [0.2, 0.25) is 0 Å². The van der Waals surface area contributed by atoms with Gasteiger partial charge in [-0.15, -0.1) is 11.6 Å². The van der Waals surface area contributed by atoms with E-state index in [1.165, 1.54) is 17.7 Å². The fraction of sp³-hybridized carbons (Fsp3) is 0.250. The van der Waals surface area contributed by atoms with E-state index < -0.39 is 0 Å². The van der Waals surface area contributed by atoms with Crippen molar-refractivity contribution in [2.75, 3.05) is 0 Å². The molecule has 0 bridgehead atoms. The number of aryl methyl sites for hydroxylation is 2. The molecule has 2 aromatic rings. The highest BCUT2D eigenvalue weighted by atomic mass is 35.5. The number of hydrogen-bond donors (Lipinski definition) is 0. The molecule has 0 amide bonds. The smallest absolute Gasteiger partial charge is 0.123 e. The molecular weight excluding hydrogens is 247 g/mol. The maximum absolute atomic E-state index is 13.3. The minimum absolute atomic E-state index is 0.244. The average molecular weight is 263 g/mol. The molecule has 1 atom stereocenters. The highest BCUT2D eigenvalue weighted by molar-refractivity contribution is 6.22. The molecule has 2 aromatic carbocycles. The molecule has 0 aliphatic carbocycles. The van der Waals surface area contributed by atoms with Crippen LogP contribution in [0.1, 0.15) is 34.6 Å². The van der Waals surface area contributed by atoms with Crippen LogP contribution < -0.4 is 0 Å². The zero-order chi connectivity index (χ0) is 13.1. The molecule has 18 heavy (non-hydrogen) atoms. The van der Waals surface area contributed by atoms with E-state index in [-0.39, 0.29) is 11.2 Å². The number of halogens is 2. The molecule has 2 rings (SSSR count). The Kier molecular flexibility index (Phi) is 4.03. The summed E-state index contributed by atoms with van der Waals surface area (Å²) < 4.78 is 13.3. The normalized spacial score (nSPS) is 12.4. The maximum atomic E-state index is 13.3. The molecule has 0 heterocycles. The number of hydrogen-bond acceptors (Lipinski definition) is 0. The van der Waals surface area contributed by atoms with Crippen LogP contribution in [0, 0.1) is 12.7 Å². The first-order valence-electron chi connectivity index (χ1n) is 6.10. The zero-order valence-corrected chi connectivity index (χ0v) is 11.3. The minimum atomic E-state index is -0.299. The zero-order valence-electron chi connectivity index (χ0n) is 10.6. The lowest BCUT2D eigenvalue weighted by Gasteiger charge is -2.13. The predicted molar refractivity (Wildman–Crippen MR) is 74.7 cm³/mol. The van der Waals surface area contributed by atoms with Crippen LogP contribution in [0.15, 0.2) is 42.5 Å². The lowest BCUT2D eigenvalue weighted by Crippen LogP contribution is -1.97. The van der Waals surface area contributed by atoms with Crippen LogP contribution in [0.5, 0.6) is 0 Å². The second kappa shape index (κ2) is 5.53. The first-order valence-corrected chi connectivity index (χ1v) is 6.54. The third kappa shape index (κ3) is 2.73. The van der Waals surface area contributed by atoms with Gasteiger partial charge in [0.05, 0.1) is 5.38 Å². The maximum Gasteiger partial charge on any atom is 0.123 e. The van der Waals surface area contributed by atoms with Gasteiger partial charge in [-0.25, -0.2) is 4.39 Å². The Balaban J connectivity index is 2.34. The second-order valence-electron chi connectivity index (χ2n) is 4.46.